The van der Waals surface area contributed by atoms with Gasteiger partial charge in [0.2, 0.25) is 53.2 Å². The van der Waals surface area contributed by atoms with Crippen molar-refractivity contribution in [1.82, 2.24) is 68.1 Å². The number of carbonyl (C=O) groups is 11. The van der Waals surface area contributed by atoms with E-state index in [1.54, 1.807) is 48.9 Å². The molecule has 0 spiro atoms. The number of aromatic amines is 2. The SMILES string of the molecule is CSCC[C@H](NC(=O)[C@H](CO)NC(=O)[C@H](Cc1ccc(O)cc1)NC(=O)[C@@H](N)CO)C(=O)N[C@@H](CCC(=O)O)C(=O)N[C@@H](Cc1c[nH]cn1)C(=O)N[C@@H](Cc1ccccc1)C(=O)N[C@@H](CCCNC(=N)N)C(=O)N[C@@H](Cc1c[nH]c2ccccc12)C(=O)NCC(C)=O. The van der Waals surface area contributed by atoms with Gasteiger partial charge in [-0.1, -0.05) is 60.7 Å². The molecular weight excluding hydrogens is 1220 g/mol. The van der Waals surface area contributed by atoms with E-state index in [9.17, 15) is 73.2 Å². The molecule has 32 heteroatoms. The van der Waals surface area contributed by atoms with Crippen LogP contribution in [-0.4, -0.2) is 199 Å². The number of aliphatic carboxylic acids is 1. The summed E-state index contributed by atoms with van der Waals surface area (Å²) in [6.45, 7) is -0.798. The number of carboxylic acid groups (broad SMARTS) is 1. The molecule has 31 nitrogen and oxygen atoms in total. The normalized spacial score (nSPS) is 14.0. The summed E-state index contributed by atoms with van der Waals surface area (Å²) in [5.74, 6) is -10.6. The number of para-hydroxylation sites is 1. The first-order valence-corrected chi connectivity index (χ1v) is 30.7. The predicted octanol–water partition coefficient (Wildman–Crippen LogP) is -3.36. The van der Waals surface area contributed by atoms with Crippen molar-refractivity contribution in [2.24, 2.45) is 11.5 Å². The second-order valence-corrected chi connectivity index (χ2v) is 22.5. The molecule has 2 aromatic heterocycles. The molecule has 496 valence electrons. The van der Waals surface area contributed by atoms with Crippen molar-refractivity contribution in [3.05, 3.63) is 120 Å². The van der Waals surface area contributed by atoms with Crippen LogP contribution < -0.4 is 64.6 Å². The average Bonchev–Trinajstić information content (AvgIpc) is 1.75. The monoisotopic (exact) mass is 1300 g/mol. The maximum absolute atomic E-state index is 14.8. The number of aliphatic hydroxyl groups excluding tert-OH is 2. The van der Waals surface area contributed by atoms with Crippen LogP contribution in [0, 0.1) is 5.41 Å². The van der Waals surface area contributed by atoms with Crippen molar-refractivity contribution >= 4 is 93.5 Å². The van der Waals surface area contributed by atoms with Crippen LogP contribution in [0.15, 0.2) is 97.6 Å². The molecule has 0 bridgehead atoms. The Morgan fingerprint density at radius 2 is 1.08 bits per heavy atom. The lowest BCUT2D eigenvalue weighted by molar-refractivity contribution is -0.138. The maximum atomic E-state index is 14.8. The number of nitrogens with one attached hydrogen (secondary N) is 13. The Morgan fingerprint density at radius 3 is 1.62 bits per heavy atom. The highest BCUT2D eigenvalue weighted by molar-refractivity contribution is 7.98. The fourth-order valence-electron chi connectivity index (χ4n) is 9.32. The number of amides is 9. The Balaban J connectivity index is 1.40. The van der Waals surface area contributed by atoms with Gasteiger partial charge in [-0.3, -0.25) is 58.1 Å². The molecule has 21 N–H and O–H groups in total. The molecule has 3 aromatic carbocycles. The van der Waals surface area contributed by atoms with Crippen LogP contribution in [0.1, 0.15) is 61.4 Å². The van der Waals surface area contributed by atoms with Crippen molar-refractivity contribution in [2.45, 2.75) is 119 Å². The van der Waals surface area contributed by atoms with Crippen molar-refractivity contribution in [3.8, 4) is 5.75 Å². The first-order valence-electron chi connectivity index (χ1n) is 29.3. The maximum Gasteiger partial charge on any atom is 0.303 e. The number of thioether (sulfide) groups is 1. The number of H-pyrrole nitrogens is 2. The fraction of sp³-hybridized carbons (Fsp3) is 0.417. The van der Waals surface area contributed by atoms with Crippen LogP contribution >= 0.6 is 11.8 Å². The van der Waals surface area contributed by atoms with Crippen LogP contribution in [0.2, 0.25) is 0 Å². The van der Waals surface area contributed by atoms with Crippen molar-refractivity contribution in [2.75, 3.05) is 38.3 Å². The molecule has 0 fully saturated rings. The summed E-state index contributed by atoms with van der Waals surface area (Å²) in [6, 6.07) is 7.52. The summed E-state index contributed by atoms with van der Waals surface area (Å²) in [7, 11) is 0. The van der Waals surface area contributed by atoms with Crippen molar-refractivity contribution in [3.63, 3.8) is 0 Å². The topological polar surface area (TPSA) is 509 Å². The second-order valence-electron chi connectivity index (χ2n) is 21.5. The number of carboxylic acids is 1. The van der Waals surface area contributed by atoms with Crippen LogP contribution in [0.5, 0.6) is 5.75 Å². The smallest absolute Gasteiger partial charge is 0.303 e. The van der Waals surface area contributed by atoms with E-state index in [2.05, 4.69) is 68.1 Å². The summed E-state index contributed by atoms with van der Waals surface area (Å²) in [4.78, 5) is 161. The molecule has 5 aromatic rings. The van der Waals surface area contributed by atoms with Gasteiger partial charge >= 0.3 is 5.97 Å². The lowest BCUT2D eigenvalue weighted by Crippen LogP contribution is -2.61. The van der Waals surface area contributed by atoms with E-state index in [1.807, 2.05) is 18.2 Å². The van der Waals surface area contributed by atoms with Gasteiger partial charge in [0.15, 0.2) is 5.96 Å². The molecule has 0 radical (unpaired) electrons. The number of nitrogens with two attached hydrogens (primary N) is 2. The summed E-state index contributed by atoms with van der Waals surface area (Å²) < 4.78 is 0. The van der Waals surface area contributed by atoms with Crippen molar-refractivity contribution < 1.29 is 73.2 Å². The van der Waals surface area contributed by atoms with E-state index in [4.69, 9.17) is 16.9 Å². The van der Waals surface area contributed by atoms with E-state index >= 15 is 0 Å². The Kier molecular flexibility index (Phi) is 29.5. The van der Waals surface area contributed by atoms with E-state index in [-0.39, 0.29) is 87.0 Å². The first-order chi connectivity index (χ1) is 44.0. The number of nitrogens with zero attached hydrogens (tertiary/aromatic N) is 1. The number of guanidine groups is 1. The molecule has 9 atom stereocenters. The number of benzene rings is 3. The van der Waals surface area contributed by atoms with E-state index < -0.39 is 140 Å². The largest absolute Gasteiger partial charge is 0.508 e. The number of aliphatic hydroxyl groups is 2. The third kappa shape index (κ3) is 24.1. The second kappa shape index (κ2) is 37.3. The summed E-state index contributed by atoms with van der Waals surface area (Å²) in [6.07, 6.45) is 3.91. The zero-order valence-corrected chi connectivity index (χ0v) is 51.4. The van der Waals surface area contributed by atoms with Gasteiger partial charge in [0.1, 0.15) is 65.9 Å². The number of phenolic OH excluding ortho intramolecular Hbond substituents is 1. The number of aromatic nitrogens is 3. The number of aromatic hydroxyl groups is 1. The summed E-state index contributed by atoms with van der Waals surface area (Å²) in [5.41, 5.74) is 13.8. The van der Waals surface area contributed by atoms with Gasteiger partial charge < -0.3 is 95.0 Å². The molecule has 5 rings (SSSR count). The molecular formula is C60H80N16O15S. The van der Waals surface area contributed by atoms with E-state index in [0.717, 1.165) is 10.9 Å². The lowest BCUT2D eigenvalue weighted by Gasteiger charge is -2.28. The number of carbonyl (C=O) groups excluding carboxylic acids is 10. The van der Waals surface area contributed by atoms with Gasteiger partial charge in [-0.25, -0.2) is 4.98 Å². The van der Waals surface area contributed by atoms with E-state index in [0.29, 0.717) is 16.7 Å². The minimum absolute atomic E-state index is 0.0514. The summed E-state index contributed by atoms with van der Waals surface area (Å²) >= 11 is 1.26. The lowest BCUT2D eigenvalue weighted by atomic mass is 10.0. The van der Waals surface area contributed by atoms with Crippen molar-refractivity contribution in [1.29, 1.82) is 5.41 Å². The number of ketones is 1. The highest BCUT2D eigenvalue weighted by Gasteiger charge is 2.36. The van der Waals surface area contributed by atoms with Crippen LogP contribution in [-0.2, 0) is 78.4 Å². The van der Waals surface area contributed by atoms with Gasteiger partial charge in [-0.05, 0) is 79.5 Å². The molecule has 0 unspecified atom stereocenters. The van der Waals surface area contributed by atoms with Gasteiger partial charge in [0.25, 0.3) is 0 Å². The minimum atomic E-state index is -1.76. The van der Waals surface area contributed by atoms with E-state index in [1.165, 1.54) is 55.5 Å². The Labute approximate surface area is 532 Å². The quantitative estimate of drug-likeness (QED) is 0.0104. The molecule has 0 aliphatic heterocycles. The third-order valence-corrected chi connectivity index (χ3v) is 14.9. The van der Waals surface area contributed by atoms with Crippen LogP contribution in [0.25, 0.3) is 10.9 Å². The molecule has 0 aliphatic rings. The molecule has 0 saturated carbocycles. The molecule has 9 amide bonds. The summed E-state index contributed by atoms with van der Waals surface area (Å²) in [5, 5.41) is 73.3. The highest BCUT2D eigenvalue weighted by Crippen LogP contribution is 2.20. The fourth-order valence-corrected chi connectivity index (χ4v) is 9.79. The highest BCUT2D eigenvalue weighted by atomic mass is 32.2. The van der Waals surface area contributed by atoms with Gasteiger partial charge in [-0.15, -0.1) is 0 Å². The minimum Gasteiger partial charge on any atom is -0.508 e. The molecule has 92 heavy (non-hydrogen) atoms. The van der Waals surface area contributed by atoms with Crippen LogP contribution in [0.4, 0.5) is 0 Å². The van der Waals surface area contributed by atoms with Gasteiger partial charge in [0.05, 0.1) is 31.8 Å². The first kappa shape index (κ1) is 72.8. The number of phenols is 1. The Hall–Kier alpha value is -9.92. The van der Waals surface area contributed by atoms with Gasteiger partial charge in [0, 0.05) is 61.9 Å². The molecule has 2 heterocycles. The number of hydrogen-bond acceptors (Lipinski definition) is 18. The number of rotatable bonds is 39. The standard InChI is InChI=1S/C60H80N16O15S/c1-33(79)27-67-52(84)47(25-36-28-66-41-12-7-6-11-39(36)41)74-53(85)42(13-8-21-65-60(62)63)69-56(88)46(23-34-9-4-3-5-10-34)73-58(90)48(26-37-29-64-32-68-37)75-54(86)43(18-19-50(81)82)70-55(87)44(20-22-92-2)71-59(91)49(31-78)76-57(89)45(72-51(83)40(61)30-77)24-35-14-16-38(80)17-15-35/h3-7,9-12,14-17,28-29,32,40,42-49,66,77-78,80H,8,13,18-27,30-31,61H2,1-2H3,(H,64,68)(H,67,84)(H,69,88)(H,70,87)(H,71,91)(H,72,83)(H,73,90)(H,74,85)(H,75,86)(H,76,89)(H,81,82)(H4,62,63,65)/t40-,42-,43-,44-,45-,46-,47-,48-,49-/m0/s1. The average molecular weight is 1300 g/mol. The number of Topliss-reactive ketones (excluding diaryl/α,β-unsaturated/α-hetero) is 1. The predicted molar refractivity (Wildman–Crippen MR) is 337 cm³/mol. The van der Waals surface area contributed by atoms with Crippen LogP contribution in [0.3, 0.4) is 0 Å². The number of imidazole rings is 1. The number of hydrogen-bond donors (Lipinski definition) is 19. The van der Waals surface area contributed by atoms with Gasteiger partial charge in [-0.2, -0.15) is 11.8 Å². The Morgan fingerprint density at radius 1 is 0.576 bits per heavy atom. The number of fused-ring (bicyclic) bond motifs is 1. The Bertz CT molecular complexity index is 3320. The third-order valence-electron chi connectivity index (χ3n) is 14.3. The molecule has 0 aliphatic carbocycles. The zero-order valence-electron chi connectivity index (χ0n) is 50.6. The zero-order chi connectivity index (χ0) is 67.3. The molecule has 0 saturated heterocycles.